The summed E-state index contributed by atoms with van der Waals surface area (Å²) in [4.78, 5) is 24.4. The van der Waals surface area contributed by atoms with Crippen molar-refractivity contribution in [2.24, 2.45) is 7.05 Å². The first-order valence-corrected chi connectivity index (χ1v) is 5.66. The third-order valence-electron chi connectivity index (χ3n) is 2.19. The van der Waals surface area contributed by atoms with Gasteiger partial charge in [0.15, 0.2) is 5.82 Å². The highest BCUT2D eigenvalue weighted by Gasteiger charge is 2.31. The Morgan fingerprint density at radius 1 is 1.44 bits per heavy atom. The Morgan fingerprint density at radius 3 is 2.62 bits per heavy atom. The summed E-state index contributed by atoms with van der Waals surface area (Å²) in [5.74, 6) is 0.157. The van der Waals surface area contributed by atoms with Crippen LogP contribution >= 0.6 is 11.8 Å². The molecular weight excluding hydrogens is 228 g/mol. The summed E-state index contributed by atoms with van der Waals surface area (Å²) in [6.45, 7) is 0. The number of carbonyl (C=O) groups excluding carboxylic acids is 2. The van der Waals surface area contributed by atoms with E-state index in [0.29, 0.717) is 0 Å². The Balaban J connectivity index is 2.50. The SMILES string of the molecule is Cn1ncc(C#N)c1N1C(=O)CSCC1=O. The number of hydrogen-bond acceptors (Lipinski definition) is 5. The summed E-state index contributed by atoms with van der Waals surface area (Å²) < 4.78 is 1.37. The van der Waals surface area contributed by atoms with Crippen molar-refractivity contribution in [1.82, 2.24) is 9.78 Å². The van der Waals surface area contributed by atoms with Crippen LogP contribution in [-0.2, 0) is 16.6 Å². The average molecular weight is 236 g/mol. The average Bonchev–Trinajstić information content (AvgIpc) is 2.60. The molecule has 1 aromatic heterocycles. The van der Waals surface area contributed by atoms with Crippen LogP contribution < -0.4 is 4.90 Å². The zero-order valence-electron chi connectivity index (χ0n) is 8.51. The molecule has 82 valence electrons. The van der Waals surface area contributed by atoms with E-state index in [1.807, 2.05) is 6.07 Å². The normalized spacial score (nSPS) is 16.4. The third kappa shape index (κ3) is 1.57. The van der Waals surface area contributed by atoms with E-state index in [1.54, 1.807) is 7.05 Å². The summed E-state index contributed by atoms with van der Waals surface area (Å²) >= 11 is 1.28. The van der Waals surface area contributed by atoms with Gasteiger partial charge in [0.1, 0.15) is 11.6 Å². The molecule has 0 spiro atoms. The number of anilines is 1. The predicted molar refractivity (Wildman–Crippen MR) is 57.7 cm³/mol. The van der Waals surface area contributed by atoms with Crippen molar-refractivity contribution in [2.75, 3.05) is 16.4 Å². The molecule has 0 aliphatic carbocycles. The number of hydrogen-bond donors (Lipinski definition) is 0. The van der Waals surface area contributed by atoms with E-state index in [0.717, 1.165) is 4.90 Å². The van der Waals surface area contributed by atoms with E-state index in [1.165, 1.54) is 22.6 Å². The number of amides is 2. The molecule has 1 aromatic rings. The first kappa shape index (κ1) is 10.7. The van der Waals surface area contributed by atoms with Gasteiger partial charge >= 0.3 is 0 Å². The van der Waals surface area contributed by atoms with Gasteiger partial charge in [-0.1, -0.05) is 0 Å². The Hall–Kier alpha value is -1.81. The minimum atomic E-state index is -0.304. The van der Waals surface area contributed by atoms with Crippen LogP contribution in [0.15, 0.2) is 6.20 Å². The number of imide groups is 1. The molecule has 7 heteroatoms. The number of carbonyl (C=O) groups is 2. The van der Waals surface area contributed by atoms with Crippen LogP contribution in [0.4, 0.5) is 5.82 Å². The van der Waals surface area contributed by atoms with E-state index < -0.39 is 0 Å². The quantitative estimate of drug-likeness (QED) is 0.636. The first-order valence-electron chi connectivity index (χ1n) is 4.50. The molecule has 0 unspecified atom stereocenters. The highest BCUT2D eigenvalue weighted by molar-refractivity contribution is 8.00. The fourth-order valence-electron chi connectivity index (χ4n) is 1.51. The largest absolute Gasteiger partial charge is 0.273 e. The van der Waals surface area contributed by atoms with Crippen LogP contribution in [0, 0.1) is 11.3 Å². The van der Waals surface area contributed by atoms with Crippen LogP contribution in [0.3, 0.4) is 0 Å². The van der Waals surface area contributed by atoms with Gasteiger partial charge < -0.3 is 0 Å². The van der Waals surface area contributed by atoms with E-state index in [9.17, 15) is 9.59 Å². The lowest BCUT2D eigenvalue weighted by Crippen LogP contribution is -2.44. The minimum absolute atomic E-state index is 0.233. The molecule has 0 saturated carbocycles. The maximum Gasteiger partial charge on any atom is 0.245 e. The van der Waals surface area contributed by atoms with E-state index >= 15 is 0 Å². The van der Waals surface area contributed by atoms with Crippen molar-refractivity contribution in [3.05, 3.63) is 11.8 Å². The maximum atomic E-state index is 11.7. The Morgan fingerprint density at radius 2 is 2.06 bits per heavy atom. The molecule has 1 aliphatic heterocycles. The predicted octanol–water partition coefficient (Wildman–Crippen LogP) is -0.102. The molecule has 2 heterocycles. The zero-order chi connectivity index (χ0) is 11.7. The Kier molecular flexibility index (Phi) is 2.66. The van der Waals surface area contributed by atoms with Gasteiger partial charge in [-0.25, -0.2) is 4.90 Å². The van der Waals surface area contributed by atoms with Crippen molar-refractivity contribution in [2.45, 2.75) is 0 Å². The molecule has 0 aromatic carbocycles. The summed E-state index contributed by atoms with van der Waals surface area (Å²) in [6, 6.07) is 1.92. The number of thioether (sulfide) groups is 1. The molecule has 1 saturated heterocycles. The van der Waals surface area contributed by atoms with Crippen molar-refractivity contribution in [3.63, 3.8) is 0 Å². The lowest BCUT2D eigenvalue weighted by atomic mass is 10.3. The summed E-state index contributed by atoms with van der Waals surface area (Å²) in [5, 5.41) is 12.7. The van der Waals surface area contributed by atoms with Gasteiger partial charge in [0.05, 0.1) is 17.7 Å². The van der Waals surface area contributed by atoms with Crippen molar-refractivity contribution in [3.8, 4) is 6.07 Å². The molecule has 0 atom stereocenters. The van der Waals surface area contributed by atoms with E-state index in [-0.39, 0.29) is 34.7 Å². The molecule has 1 aliphatic rings. The second-order valence-corrected chi connectivity index (χ2v) is 4.22. The summed E-state index contributed by atoms with van der Waals surface area (Å²) in [5.41, 5.74) is 0.233. The summed E-state index contributed by atoms with van der Waals surface area (Å²) in [7, 11) is 1.60. The highest BCUT2D eigenvalue weighted by Crippen LogP contribution is 2.23. The Bertz CT molecular complexity index is 486. The number of nitrogens with zero attached hydrogens (tertiary/aromatic N) is 4. The van der Waals surface area contributed by atoms with Gasteiger partial charge in [0, 0.05) is 7.05 Å². The van der Waals surface area contributed by atoms with Crippen molar-refractivity contribution in [1.29, 1.82) is 5.26 Å². The van der Waals surface area contributed by atoms with Crippen LogP contribution in [-0.4, -0.2) is 33.1 Å². The van der Waals surface area contributed by atoms with E-state index in [2.05, 4.69) is 5.10 Å². The Labute approximate surface area is 95.8 Å². The zero-order valence-corrected chi connectivity index (χ0v) is 9.32. The third-order valence-corrected chi connectivity index (χ3v) is 3.09. The first-order chi connectivity index (χ1) is 7.65. The molecule has 0 radical (unpaired) electrons. The second kappa shape index (κ2) is 3.98. The number of aromatic nitrogens is 2. The van der Waals surface area contributed by atoms with Crippen molar-refractivity contribution >= 4 is 29.4 Å². The van der Waals surface area contributed by atoms with Gasteiger partial charge in [-0.05, 0) is 0 Å². The topological polar surface area (TPSA) is 79.0 Å². The molecule has 2 amide bonds. The molecular formula is C9H8N4O2S. The molecule has 0 N–H and O–H groups in total. The molecule has 0 bridgehead atoms. The number of nitriles is 1. The van der Waals surface area contributed by atoms with Crippen LogP contribution in [0.1, 0.15) is 5.56 Å². The number of aryl methyl sites for hydroxylation is 1. The van der Waals surface area contributed by atoms with Crippen molar-refractivity contribution < 1.29 is 9.59 Å². The van der Waals surface area contributed by atoms with Gasteiger partial charge in [-0.2, -0.15) is 10.4 Å². The van der Waals surface area contributed by atoms with Crippen LogP contribution in [0.25, 0.3) is 0 Å². The lowest BCUT2D eigenvalue weighted by molar-refractivity contribution is -0.124. The second-order valence-electron chi connectivity index (χ2n) is 3.23. The molecule has 1 fully saturated rings. The van der Waals surface area contributed by atoms with Gasteiger partial charge in [0.2, 0.25) is 11.8 Å². The lowest BCUT2D eigenvalue weighted by Gasteiger charge is -2.24. The van der Waals surface area contributed by atoms with Crippen LogP contribution in [0.2, 0.25) is 0 Å². The number of rotatable bonds is 1. The van der Waals surface area contributed by atoms with E-state index in [4.69, 9.17) is 5.26 Å². The molecule has 16 heavy (non-hydrogen) atoms. The smallest absolute Gasteiger partial charge is 0.245 e. The summed E-state index contributed by atoms with van der Waals surface area (Å²) in [6.07, 6.45) is 1.34. The van der Waals surface area contributed by atoms with Gasteiger partial charge in [-0.15, -0.1) is 11.8 Å². The fourth-order valence-corrected chi connectivity index (χ4v) is 2.21. The van der Waals surface area contributed by atoms with Gasteiger partial charge in [-0.3, -0.25) is 14.3 Å². The minimum Gasteiger partial charge on any atom is -0.273 e. The molecule has 2 rings (SSSR count). The standard InChI is InChI=1S/C9H8N4O2S/c1-12-9(6(2-10)3-11-12)13-7(14)4-16-5-8(13)15/h3H,4-5H2,1H3. The van der Waals surface area contributed by atoms with Gasteiger partial charge in [0.25, 0.3) is 0 Å². The highest BCUT2D eigenvalue weighted by atomic mass is 32.2. The fraction of sp³-hybridized carbons (Fsp3) is 0.333. The molecule has 6 nitrogen and oxygen atoms in total. The maximum absolute atomic E-state index is 11.7. The monoisotopic (exact) mass is 236 g/mol. The van der Waals surface area contributed by atoms with Crippen LogP contribution in [0.5, 0.6) is 0 Å².